The highest BCUT2D eigenvalue weighted by Gasteiger charge is 2.09. The Hall–Kier alpha value is -0.860. The van der Waals surface area contributed by atoms with E-state index in [9.17, 15) is 4.79 Å². The van der Waals surface area contributed by atoms with E-state index in [1.54, 1.807) is 6.92 Å². The minimum absolute atomic E-state index is 0.165. The molecular formula is C9H18N2O. The van der Waals surface area contributed by atoms with Crippen molar-refractivity contribution in [2.75, 3.05) is 6.54 Å². The Morgan fingerprint density at radius 3 is 2.58 bits per heavy atom. The summed E-state index contributed by atoms with van der Waals surface area (Å²) < 4.78 is 0. The lowest BCUT2D eigenvalue weighted by Crippen LogP contribution is -2.24. The van der Waals surface area contributed by atoms with E-state index < -0.39 is 0 Å². The van der Waals surface area contributed by atoms with Gasteiger partial charge in [-0.3, -0.25) is 10.2 Å². The Bertz CT molecular complexity index is 166. The van der Waals surface area contributed by atoms with Crippen molar-refractivity contribution in [1.29, 1.82) is 5.41 Å². The normalized spacial score (nSPS) is 12.2. The fraction of sp³-hybridized carbons (Fsp3) is 0.778. The molecular weight excluding hydrogens is 152 g/mol. The van der Waals surface area contributed by atoms with E-state index in [4.69, 9.17) is 5.41 Å². The Balaban J connectivity index is 3.50. The van der Waals surface area contributed by atoms with Gasteiger partial charge in [0.2, 0.25) is 0 Å². The monoisotopic (exact) mass is 170 g/mol. The third kappa shape index (κ3) is 4.88. The first kappa shape index (κ1) is 11.1. The lowest BCUT2D eigenvalue weighted by molar-refractivity contribution is -0.122. The topological polar surface area (TPSA) is 53.0 Å². The Morgan fingerprint density at radius 1 is 1.58 bits per heavy atom. The van der Waals surface area contributed by atoms with Crippen LogP contribution < -0.4 is 5.32 Å². The summed E-state index contributed by atoms with van der Waals surface area (Å²) in [5.41, 5.74) is 0. The lowest BCUT2D eigenvalue weighted by Gasteiger charge is -2.07. The predicted octanol–water partition coefficient (Wildman–Crippen LogP) is 1.58. The van der Waals surface area contributed by atoms with Crippen molar-refractivity contribution in [3.63, 3.8) is 0 Å². The zero-order valence-electron chi connectivity index (χ0n) is 8.11. The summed E-state index contributed by atoms with van der Waals surface area (Å²) in [5.74, 6) is 0.871. The maximum Gasteiger partial charge on any atom is 0.137 e. The molecule has 0 aliphatic rings. The van der Waals surface area contributed by atoms with E-state index in [0.29, 0.717) is 18.8 Å². The molecule has 2 N–H and O–H groups in total. The van der Waals surface area contributed by atoms with Gasteiger partial charge in [0, 0.05) is 18.9 Å². The molecule has 1 atom stereocenters. The number of rotatable bonds is 5. The summed E-state index contributed by atoms with van der Waals surface area (Å²) in [6.07, 6.45) is 1.44. The maximum absolute atomic E-state index is 11.2. The minimum Gasteiger partial charge on any atom is -0.374 e. The molecule has 0 rings (SSSR count). The molecule has 70 valence electrons. The second-order valence-electron chi connectivity index (χ2n) is 3.08. The molecule has 3 heteroatoms. The molecule has 1 unspecified atom stereocenters. The zero-order valence-corrected chi connectivity index (χ0v) is 8.11. The molecule has 0 amide bonds. The molecule has 0 aliphatic carbocycles. The van der Waals surface area contributed by atoms with Gasteiger partial charge in [0.15, 0.2) is 0 Å². The number of hydrogen-bond donors (Lipinski definition) is 2. The van der Waals surface area contributed by atoms with E-state index in [0.717, 1.165) is 6.42 Å². The molecule has 0 bridgehead atoms. The van der Waals surface area contributed by atoms with Crippen molar-refractivity contribution >= 4 is 11.6 Å². The summed E-state index contributed by atoms with van der Waals surface area (Å²) in [6.45, 7) is 6.23. The van der Waals surface area contributed by atoms with Crippen LogP contribution in [0, 0.1) is 11.3 Å². The Morgan fingerprint density at radius 2 is 2.17 bits per heavy atom. The molecule has 3 nitrogen and oxygen atoms in total. The number of nitrogens with one attached hydrogen (secondary N) is 2. The van der Waals surface area contributed by atoms with Crippen LogP contribution in [-0.4, -0.2) is 18.2 Å². The molecule has 0 radical (unpaired) electrons. The van der Waals surface area contributed by atoms with Crippen LogP contribution in [0.25, 0.3) is 0 Å². The van der Waals surface area contributed by atoms with E-state index in [1.807, 2.05) is 13.8 Å². The van der Waals surface area contributed by atoms with Crippen LogP contribution in [0.5, 0.6) is 0 Å². The number of ketones is 1. The molecule has 0 aromatic heterocycles. The second kappa shape index (κ2) is 5.75. The first-order valence-corrected chi connectivity index (χ1v) is 4.39. The van der Waals surface area contributed by atoms with Gasteiger partial charge in [0.1, 0.15) is 5.78 Å². The number of hydrogen-bond acceptors (Lipinski definition) is 2. The van der Waals surface area contributed by atoms with Crippen molar-refractivity contribution in [2.45, 2.75) is 33.6 Å². The van der Waals surface area contributed by atoms with E-state index in [2.05, 4.69) is 5.32 Å². The lowest BCUT2D eigenvalue weighted by atomic mass is 10.0. The summed E-state index contributed by atoms with van der Waals surface area (Å²) in [7, 11) is 0. The molecule has 0 heterocycles. The van der Waals surface area contributed by atoms with Crippen molar-refractivity contribution in [3.05, 3.63) is 0 Å². The first-order chi connectivity index (χ1) is 5.57. The van der Waals surface area contributed by atoms with Crippen molar-refractivity contribution in [2.24, 2.45) is 5.92 Å². The van der Waals surface area contributed by atoms with Crippen LogP contribution in [-0.2, 0) is 4.79 Å². The average molecular weight is 170 g/mol. The van der Waals surface area contributed by atoms with Gasteiger partial charge in [-0.1, -0.05) is 13.8 Å². The fourth-order valence-corrected chi connectivity index (χ4v) is 0.847. The van der Waals surface area contributed by atoms with Gasteiger partial charge >= 0.3 is 0 Å². The SMILES string of the molecule is CCC(C)C(=O)CCNC(C)=N. The number of Topliss-reactive ketones (excluding diaryl/α,β-unsaturated/α-hetero) is 1. The van der Waals surface area contributed by atoms with Gasteiger partial charge in [-0.15, -0.1) is 0 Å². The van der Waals surface area contributed by atoms with Gasteiger partial charge < -0.3 is 5.32 Å². The number of carbonyl (C=O) groups is 1. The third-order valence-corrected chi connectivity index (χ3v) is 1.92. The largest absolute Gasteiger partial charge is 0.374 e. The quantitative estimate of drug-likeness (QED) is 0.486. The summed E-state index contributed by atoms with van der Waals surface area (Å²) in [6, 6.07) is 0. The molecule has 0 spiro atoms. The fourth-order valence-electron chi connectivity index (χ4n) is 0.847. The van der Waals surface area contributed by atoms with Crippen molar-refractivity contribution in [3.8, 4) is 0 Å². The van der Waals surface area contributed by atoms with Crippen molar-refractivity contribution in [1.82, 2.24) is 5.32 Å². The van der Waals surface area contributed by atoms with E-state index in [1.165, 1.54) is 0 Å². The standard InChI is InChI=1S/C9H18N2O/c1-4-7(2)9(12)5-6-11-8(3)10/h7H,4-6H2,1-3H3,(H2,10,11). The molecule has 0 aromatic carbocycles. The molecule has 0 fully saturated rings. The molecule has 0 saturated heterocycles. The van der Waals surface area contributed by atoms with Crippen LogP contribution in [0.1, 0.15) is 33.6 Å². The smallest absolute Gasteiger partial charge is 0.137 e. The predicted molar refractivity (Wildman–Crippen MR) is 50.5 cm³/mol. The first-order valence-electron chi connectivity index (χ1n) is 4.39. The van der Waals surface area contributed by atoms with Crippen LogP contribution in [0.3, 0.4) is 0 Å². The van der Waals surface area contributed by atoms with E-state index in [-0.39, 0.29) is 11.7 Å². The van der Waals surface area contributed by atoms with Gasteiger partial charge in [-0.25, -0.2) is 0 Å². The molecule has 0 aliphatic heterocycles. The highest BCUT2D eigenvalue weighted by atomic mass is 16.1. The van der Waals surface area contributed by atoms with Gasteiger partial charge in [-0.2, -0.15) is 0 Å². The van der Waals surface area contributed by atoms with Gasteiger partial charge in [-0.05, 0) is 13.3 Å². The summed E-state index contributed by atoms with van der Waals surface area (Å²) in [4.78, 5) is 11.2. The Labute approximate surface area is 74.1 Å². The molecule has 12 heavy (non-hydrogen) atoms. The van der Waals surface area contributed by atoms with E-state index >= 15 is 0 Å². The average Bonchev–Trinajstić information content (AvgIpc) is 2.02. The summed E-state index contributed by atoms with van der Waals surface area (Å²) in [5, 5.41) is 9.89. The van der Waals surface area contributed by atoms with Crippen molar-refractivity contribution < 1.29 is 4.79 Å². The third-order valence-electron chi connectivity index (χ3n) is 1.92. The summed E-state index contributed by atoms with van der Waals surface area (Å²) >= 11 is 0. The van der Waals surface area contributed by atoms with Gasteiger partial charge in [0.25, 0.3) is 0 Å². The molecule has 0 saturated carbocycles. The maximum atomic E-state index is 11.2. The Kier molecular flexibility index (Phi) is 5.34. The van der Waals surface area contributed by atoms with Crippen LogP contribution in [0.4, 0.5) is 0 Å². The van der Waals surface area contributed by atoms with Crippen LogP contribution >= 0.6 is 0 Å². The minimum atomic E-state index is 0.165. The highest BCUT2D eigenvalue weighted by Crippen LogP contribution is 2.03. The second-order valence-corrected chi connectivity index (χ2v) is 3.08. The van der Waals surface area contributed by atoms with Crippen LogP contribution in [0.2, 0.25) is 0 Å². The zero-order chi connectivity index (χ0) is 9.56. The number of amidine groups is 1. The highest BCUT2D eigenvalue weighted by molar-refractivity contribution is 5.82. The molecule has 0 aromatic rings. The van der Waals surface area contributed by atoms with Crippen LogP contribution in [0.15, 0.2) is 0 Å². The number of carbonyl (C=O) groups excluding carboxylic acids is 1. The van der Waals surface area contributed by atoms with Gasteiger partial charge in [0.05, 0.1) is 5.84 Å².